The third kappa shape index (κ3) is 4.80. The molecule has 28 heavy (non-hydrogen) atoms. The number of Topliss-reactive ketones (excluding diaryl/α,β-unsaturated/α-hetero) is 1. The smallest absolute Gasteiger partial charge is 0.227 e. The molecule has 0 radical (unpaired) electrons. The van der Waals surface area contributed by atoms with Crippen LogP contribution in [0.2, 0.25) is 0 Å². The van der Waals surface area contributed by atoms with E-state index in [1.54, 1.807) is 37.5 Å². The van der Waals surface area contributed by atoms with Crippen molar-refractivity contribution in [2.75, 3.05) is 14.2 Å². The summed E-state index contributed by atoms with van der Waals surface area (Å²) in [5, 5.41) is 0. The quantitative estimate of drug-likeness (QED) is 0.311. The molecule has 0 aliphatic carbocycles. The zero-order chi connectivity index (χ0) is 19.8. The highest BCUT2D eigenvalue weighted by Crippen LogP contribution is 2.24. The molecule has 3 aromatic rings. The number of para-hydroxylation sites is 1. The van der Waals surface area contributed by atoms with E-state index >= 15 is 0 Å². The fourth-order valence-electron chi connectivity index (χ4n) is 2.71. The second-order valence-electron chi connectivity index (χ2n) is 6.08. The molecule has 0 aliphatic rings. The maximum absolute atomic E-state index is 12.8. The topological polar surface area (TPSA) is 44.8 Å². The lowest BCUT2D eigenvalue weighted by molar-refractivity contribution is 0.0957. The molecule has 3 rings (SSSR count). The lowest BCUT2D eigenvalue weighted by Gasteiger charge is -2.11. The maximum Gasteiger partial charge on any atom is 0.227 e. The van der Waals surface area contributed by atoms with Crippen LogP contribution in [-0.2, 0) is 11.3 Å². The first kappa shape index (κ1) is 19.2. The van der Waals surface area contributed by atoms with Crippen LogP contribution in [0.1, 0.15) is 21.5 Å². The molecule has 4 heteroatoms. The van der Waals surface area contributed by atoms with Crippen molar-refractivity contribution in [1.82, 2.24) is 0 Å². The molecule has 3 aromatic carbocycles. The molecule has 0 amide bonds. The molecule has 142 valence electrons. The Hall–Kier alpha value is -3.53. The summed E-state index contributed by atoms with van der Waals surface area (Å²) in [6.07, 6.45) is 1.70. The first-order valence-electron chi connectivity index (χ1n) is 8.91. The molecule has 0 N–H and O–H groups in total. The molecule has 0 heterocycles. The number of hydrogen-bond donors (Lipinski definition) is 0. The van der Waals surface area contributed by atoms with Gasteiger partial charge in [-0.15, -0.1) is 0 Å². The minimum atomic E-state index is -0.206. The lowest BCUT2D eigenvalue weighted by Crippen LogP contribution is -2.05. The predicted octanol–water partition coefficient (Wildman–Crippen LogP) is 5.14. The van der Waals surface area contributed by atoms with Crippen LogP contribution < -0.4 is 9.47 Å². The number of hydrogen-bond acceptors (Lipinski definition) is 4. The fraction of sp³-hybridized carbons (Fsp3) is 0.125. The molecule has 0 atom stereocenters. The Balaban J connectivity index is 1.82. The van der Waals surface area contributed by atoms with Crippen molar-refractivity contribution in [2.24, 2.45) is 0 Å². The standard InChI is InChI=1S/C24H22O4/c1-26-21-14-12-19(13-15-21)24(25)23(27-2)16-20-10-6-7-11-22(20)28-17-18-8-4-3-5-9-18/h3-16H,17H2,1-2H3/b23-16-. The molecule has 0 aromatic heterocycles. The van der Waals surface area contributed by atoms with Gasteiger partial charge in [0.1, 0.15) is 18.1 Å². The average molecular weight is 374 g/mol. The number of allylic oxidation sites excluding steroid dienone is 1. The van der Waals surface area contributed by atoms with Gasteiger partial charge in [0.25, 0.3) is 0 Å². The normalized spacial score (nSPS) is 11.0. The number of benzene rings is 3. The maximum atomic E-state index is 12.8. The van der Waals surface area contributed by atoms with Gasteiger partial charge in [-0.3, -0.25) is 4.79 Å². The highest BCUT2D eigenvalue weighted by Gasteiger charge is 2.14. The first-order valence-corrected chi connectivity index (χ1v) is 8.91. The number of carbonyl (C=O) groups excluding carboxylic acids is 1. The number of ketones is 1. The van der Waals surface area contributed by atoms with E-state index in [1.807, 2.05) is 54.6 Å². The largest absolute Gasteiger partial charge is 0.497 e. The highest BCUT2D eigenvalue weighted by molar-refractivity contribution is 6.10. The van der Waals surface area contributed by atoms with Crippen LogP contribution >= 0.6 is 0 Å². The second kappa shape index (κ2) is 9.42. The van der Waals surface area contributed by atoms with Gasteiger partial charge in [0.2, 0.25) is 5.78 Å². The zero-order valence-electron chi connectivity index (χ0n) is 15.9. The van der Waals surface area contributed by atoms with Gasteiger partial charge in [-0.2, -0.15) is 0 Å². The van der Waals surface area contributed by atoms with Gasteiger partial charge in [-0.05, 0) is 42.0 Å². The van der Waals surface area contributed by atoms with E-state index in [9.17, 15) is 4.79 Å². The Morgan fingerprint density at radius 3 is 2.21 bits per heavy atom. The van der Waals surface area contributed by atoms with Crippen molar-refractivity contribution in [3.8, 4) is 11.5 Å². The molecule has 0 saturated carbocycles. The van der Waals surface area contributed by atoms with Crippen molar-refractivity contribution >= 4 is 11.9 Å². The lowest BCUT2D eigenvalue weighted by atomic mass is 10.1. The third-order valence-corrected chi connectivity index (χ3v) is 4.24. The highest BCUT2D eigenvalue weighted by atomic mass is 16.5. The van der Waals surface area contributed by atoms with E-state index in [1.165, 1.54) is 7.11 Å². The number of methoxy groups -OCH3 is 2. The number of rotatable bonds is 8. The third-order valence-electron chi connectivity index (χ3n) is 4.24. The van der Waals surface area contributed by atoms with Gasteiger partial charge in [0, 0.05) is 11.1 Å². The zero-order valence-corrected chi connectivity index (χ0v) is 15.9. The van der Waals surface area contributed by atoms with E-state index in [0.717, 1.165) is 11.1 Å². The Morgan fingerprint density at radius 1 is 0.857 bits per heavy atom. The summed E-state index contributed by atoms with van der Waals surface area (Å²) in [7, 11) is 3.07. The minimum Gasteiger partial charge on any atom is -0.497 e. The van der Waals surface area contributed by atoms with Crippen molar-refractivity contribution in [3.63, 3.8) is 0 Å². The molecule has 0 bridgehead atoms. The molecular weight excluding hydrogens is 352 g/mol. The number of carbonyl (C=O) groups is 1. The van der Waals surface area contributed by atoms with Gasteiger partial charge in [-0.25, -0.2) is 0 Å². The van der Waals surface area contributed by atoms with Gasteiger partial charge in [0.05, 0.1) is 14.2 Å². The van der Waals surface area contributed by atoms with Gasteiger partial charge in [-0.1, -0.05) is 48.5 Å². The van der Waals surface area contributed by atoms with E-state index in [4.69, 9.17) is 14.2 Å². The summed E-state index contributed by atoms with van der Waals surface area (Å²) in [6.45, 7) is 0.445. The summed E-state index contributed by atoms with van der Waals surface area (Å²) in [5.41, 5.74) is 2.37. The van der Waals surface area contributed by atoms with Crippen molar-refractivity contribution < 1.29 is 19.0 Å². The Labute approximate surface area is 165 Å². The van der Waals surface area contributed by atoms with Crippen LogP contribution in [-0.4, -0.2) is 20.0 Å². The molecule has 0 saturated heterocycles. The Bertz CT molecular complexity index is 944. The summed E-state index contributed by atoms with van der Waals surface area (Å²) in [6, 6.07) is 24.4. The molecule has 0 aliphatic heterocycles. The van der Waals surface area contributed by atoms with Crippen LogP contribution in [0.5, 0.6) is 11.5 Å². The molecule has 0 spiro atoms. The van der Waals surface area contributed by atoms with Gasteiger partial charge < -0.3 is 14.2 Å². The van der Waals surface area contributed by atoms with Gasteiger partial charge in [0.15, 0.2) is 5.76 Å². The van der Waals surface area contributed by atoms with Gasteiger partial charge >= 0.3 is 0 Å². The van der Waals surface area contributed by atoms with Crippen molar-refractivity contribution in [1.29, 1.82) is 0 Å². The minimum absolute atomic E-state index is 0.206. The van der Waals surface area contributed by atoms with E-state index in [0.29, 0.717) is 23.7 Å². The Kier molecular flexibility index (Phi) is 6.47. The predicted molar refractivity (Wildman–Crippen MR) is 110 cm³/mol. The summed E-state index contributed by atoms with van der Waals surface area (Å²) in [4.78, 5) is 12.8. The summed E-state index contributed by atoms with van der Waals surface area (Å²) < 4.78 is 16.5. The van der Waals surface area contributed by atoms with Crippen LogP contribution in [0.4, 0.5) is 0 Å². The first-order chi connectivity index (χ1) is 13.7. The monoisotopic (exact) mass is 374 g/mol. The molecule has 4 nitrogen and oxygen atoms in total. The SMILES string of the molecule is CO/C(=C\c1ccccc1OCc1ccccc1)C(=O)c1ccc(OC)cc1. The summed E-state index contributed by atoms with van der Waals surface area (Å²) in [5.74, 6) is 1.41. The summed E-state index contributed by atoms with van der Waals surface area (Å²) >= 11 is 0. The molecule has 0 fully saturated rings. The Morgan fingerprint density at radius 2 is 1.54 bits per heavy atom. The van der Waals surface area contributed by atoms with Crippen LogP contribution in [0, 0.1) is 0 Å². The van der Waals surface area contributed by atoms with Crippen molar-refractivity contribution in [3.05, 3.63) is 101 Å². The van der Waals surface area contributed by atoms with Crippen molar-refractivity contribution in [2.45, 2.75) is 6.61 Å². The van der Waals surface area contributed by atoms with E-state index < -0.39 is 0 Å². The second-order valence-corrected chi connectivity index (χ2v) is 6.08. The van der Waals surface area contributed by atoms with Crippen LogP contribution in [0.25, 0.3) is 6.08 Å². The van der Waals surface area contributed by atoms with Crippen LogP contribution in [0.15, 0.2) is 84.6 Å². The number of ether oxygens (including phenoxy) is 3. The van der Waals surface area contributed by atoms with E-state index in [2.05, 4.69) is 0 Å². The average Bonchev–Trinajstić information content (AvgIpc) is 2.77. The molecular formula is C24H22O4. The molecule has 0 unspecified atom stereocenters. The van der Waals surface area contributed by atoms with E-state index in [-0.39, 0.29) is 11.5 Å². The van der Waals surface area contributed by atoms with Crippen LogP contribution in [0.3, 0.4) is 0 Å². The fourth-order valence-corrected chi connectivity index (χ4v) is 2.71.